The molecule has 0 atom stereocenters. The van der Waals surface area contributed by atoms with Gasteiger partial charge in [-0.25, -0.2) is 8.42 Å². The van der Waals surface area contributed by atoms with Crippen LogP contribution in [0.2, 0.25) is 0 Å². The van der Waals surface area contributed by atoms with E-state index in [2.05, 4.69) is 4.72 Å². The first-order chi connectivity index (χ1) is 13.4. The second-order valence-electron chi connectivity index (χ2n) is 6.44. The van der Waals surface area contributed by atoms with Gasteiger partial charge in [0.05, 0.1) is 17.2 Å². The van der Waals surface area contributed by atoms with Gasteiger partial charge in [0.25, 0.3) is 15.9 Å². The molecule has 28 heavy (non-hydrogen) atoms. The van der Waals surface area contributed by atoms with Crippen LogP contribution < -0.4 is 14.4 Å². The quantitative estimate of drug-likeness (QED) is 0.767. The summed E-state index contributed by atoms with van der Waals surface area (Å²) in [5.74, 6) is 0.470. The number of anilines is 2. The smallest absolute Gasteiger partial charge is 0.261 e. The molecule has 0 bridgehead atoms. The zero-order valence-corrected chi connectivity index (χ0v) is 16.8. The van der Waals surface area contributed by atoms with Crippen LogP contribution in [-0.2, 0) is 26.0 Å². The Morgan fingerprint density at radius 2 is 1.93 bits per heavy atom. The van der Waals surface area contributed by atoms with Crippen LogP contribution in [0.3, 0.4) is 0 Å². The van der Waals surface area contributed by atoms with Crippen molar-refractivity contribution in [3.63, 3.8) is 0 Å². The number of sulfonamides is 1. The summed E-state index contributed by atoms with van der Waals surface area (Å²) >= 11 is 0. The second-order valence-corrected chi connectivity index (χ2v) is 8.12. The van der Waals surface area contributed by atoms with Crippen LogP contribution in [0, 0.1) is 0 Å². The van der Waals surface area contributed by atoms with E-state index in [0.29, 0.717) is 24.6 Å². The van der Waals surface area contributed by atoms with Crippen LogP contribution >= 0.6 is 0 Å². The van der Waals surface area contributed by atoms with Crippen molar-refractivity contribution < 1.29 is 22.7 Å². The largest absolute Gasteiger partial charge is 0.494 e. The molecule has 3 rings (SSSR count). The zero-order valence-electron chi connectivity index (χ0n) is 16.0. The van der Waals surface area contributed by atoms with Crippen LogP contribution in [0.25, 0.3) is 0 Å². The predicted molar refractivity (Wildman–Crippen MR) is 107 cm³/mol. The van der Waals surface area contributed by atoms with Crippen molar-refractivity contribution in [3.05, 3.63) is 48.0 Å². The van der Waals surface area contributed by atoms with Gasteiger partial charge in [-0.15, -0.1) is 0 Å². The number of aryl methyl sites for hydroxylation is 1. The van der Waals surface area contributed by atoms with Gasteiger partial charge in [-0.2, -0.15) is 0 Å². The highest BCUT2D eigenvalue weighted by molar-refractivity contribution is 7.92. The number of amides is 1. The number of benzene rings is 2. The lowest BCUT2D eigenvalue weighted by atomic mass is 10.0. The Hall–Kier alpha value is -2.58. The van der Waals surface area contributed by atoms with Crippen LogP contribution in [0.15, 0.2) is 47.4 Å². The van der Waals surface area contributed by atoms with E-state index in [-0.39, 0.29) is 17.4 Å². The van der Waals surface area contributed by atoms with Gasteiger partial charge in [0.1, 0.15) is 12.4 Å². The van der Waals surface area contributed by atoms with Gasteiger partial charge in [-0.05, 0) is 61.7 Å². The predicted octanol–water partition coefficient (Wildman–Crippen LogP) is 2.81. The molecule has 8 heteroatoms. The molecule has 1 heterocycles. The molecule has 0 aliphatic carbocycles. The fourth-order valence-corrected chi connectivity index (χ4v) is 4.24. The van der Waals surface area contributed by atoms with Gasteiger partial charge >= 0.3 is 0 Å². The SMILES string of the molecule is CCOc1ccc(S(=O)(=O)Nc2ccc3c(c2)N(C(=O)COC)CCC3)cc1. The Bertz CT molecular complexity index is 942. The van der Waals surface area contributed by atoms with E-state index in [4.69, 9.17) is 9.47 Å². The van der Waals surface area contributed by atoms with Crippen molar-refractivity contribution in [3.8, 4) is 5.75 Å². The Morgan fingerprint density at radius 1 is 1.18 bits per heavy atom. The van der Waals surface area contributed by atoms with Crippen LogP contribution in [0.4, 0.5) is 11.4 Å². The molecular formula is C20H24N2O5S. The molecule has 0 radical (unpaired) electrons. The summed E-state index contributed by atoms with van der Waals surface area (Å²) in [5.41, 5.74) is 2.14. The average Bonchev–Trinajstić information content (AvgIpc) is 2.68. The van der Waals surface area contributed by atoms with Crippen molar-refractivity contribution in [2.45, 2.75) is 24.7 Å². The van der Waals surface area contributed by atoms with Crippen LogP contribution in [0.5, 0.6) is 5.75 Å². The Morgan fingerprint density at radius 3 is 2.61 bits per heavy atom. The number of fused-ring (bicyclic) bond motifs is 1. The lowest BCUT2D eigenvalue weighted by Crippen LogP contribution is -2.37. The molecule has 1 amide bonds. The van der Waals surface area contributed by atoms with Crippen LogP contribution in [0.1, 0.15) is 18.9 Å². The van der Waals surface area contributed by atoms with E-state index in [9.17, 15) is 13.2 Å². The first-order valence-electron chi connectivity index (χ1n) is 9.12. The van der Waals surface area contributed by atoms with E-state index >= 15 is 0 Å². The number of hydrogen-bond acceptors (Lipinski definition) is 5. The van der Waals surface area contributed by atoms with Gasteiger partial charge < -0.3 is 14.4 Å². The highest BCUT2D eigenvalue weighted by Crippen LogP contribution is 2.31. The number of nitrogens with one attached hydrogen (secondary N) is 1. The third-order valence-electron chi connectivity index (χ3n) is 4.47. The number of carbonyl (C=O) groups excluding carboxylic acids is 1. The lowest BCUT2D eigenvalue weighted by molar-refractivity contribution is -0.122. The highest BCUT2D eigenvalue weighted by Gasteiger charge is 2.23. The summed E-state index contributed by atoms with van der Waals surface area (Å²) in [7, 11) is -2.28. The second kappa shape index (κ2) is 8.62. The average molecular weight is 404 g/mol. The molecule has 2 aromatic carbocycles. The fraction of sp³-hybridized carbons (Fsp3) is 0.350. The standard InChI is InChI=1S/C20H24N2O5S/c1-3-27-17-8-10-18(11-9-17)28(24,25)21-16-7-6-15-5-4-12-22(19(15)13-16)20(23)14-26-2/h6-11,13,21H,3-5,12,14H2,1-2H3. The molecular weight excluding hydrogens is 380 g/mol. The summed E-state index contributed by atoms with van der Waals surface area (Å²) in [6, 6.07) is 11.5. The first kappa shape index (κ1) is 20.2. The number of nitrogens with zero attached hydrogens (tertiary/aromatic N) is 1. The van der Waals surface area contributed by atoms with E-state index < -0.39 is 10.0 Å². The number of rotatable bonds is 7. The third kappa shape index (κ3) is 4.45. The molecule has 150 valence electrons. The van der Waals surface area contributed by atoms with Crippen molar-refractivity contribution in [1.29, 1.82) is 0 Å². The van der Waals surface area contributed by atoms with Crippen LogP contribution in [-0.4, -0.2) is 41.2 Å². The minimum absolute atomic E-state index is 0.0123. The third-order valence-corrected chi connectivity index (χ3v) is 5.87. The van der Waals surface area contributed by atoms with Gasteiger partial charge in [0.2, 0.25) is 0 Å². The minimum atomic E-state index is -3.75. The van der Waals surface area contributed by atoms with Gasteiger partial charge in [-0.3, -0.25) is 9.52 Å². The molecule has 1 aliphatic rings. The molecule has 0 spiro atoms. The lowest BCUT2D eigenvalue weighted by Gasteiger charge is -2.30. The molecule has 0 saturated carbocycles. The summed E-state index contributed by atoms with van der Waals surface area (Å²) < 4.78 is 38.3. The molecule has 0 unspecified atom stereocenters. The molecule has 0 fully saturated rings. The van der Waals surface area contributed by atoms with Gasteiger partial charge in [0, 0.05) is 19.3 Å². The Balaban J connectivity index is 1.84. The number of methoxy groups -OCH3 is 1. The molecule has 1 N–H and O–H groups in total. The van der Waals surface area contributed by atoms with E-state index in [1.807, 2.05) is 13.0 Å². The van der Waals surface area contributed by atoms with Crippen molar-refractivity contribution in [2.24, 2.45) is 0 Å². The summed E-state index contributed by atoms with van der Waals surface area (Å²) in [6.45, 7) is 2.95. The van der Waals surface area contributed by atoms with Crippen molar-refractivity contribution >= 4 is 27.3 Å². The van der Waals surface area contributed by atoms with E-state index in [1.54, 1.807) is 29.2 Å². The summed E-state index contributed by atoms with van der Waals surface area (Å²) in [4.78, 5) is 14.1. The Labute approximate surface area is 165 Å². The maximum Gasteiger partial charge on any atom is 0.261 e. The number of hydrogen-bond donors (Lipinski definition) is 1. The molecule has 0 aromatic heterocycles. The highest BCUT2D eigenvalue weighted by atomic mass is 32.2. The maximum absolute atomic E-state index is 12.7. The maximum atomic E-state index is 12.7. The van der Waals surface area contributed by atoms with E-state index in [0.717, 1.165) is 24.1 Å². The molecule has 2 aromatic rings. The topological polar surface area (TPSA) is 84.9 Å². The Kier molecular flexibility index (Phi) is 6.21. The molecule has 0 saturated heterocycles. The van der Waals surface area contributed by atoms with Crippen molar-refractivity contribution in [2.75, 3.05) is 36.5 Å². The van der Waals surface area contributed by atoms with Gasteiger partial charge in [-0.1, -0.05) is 6.07 Å². The van der Waals surface area contributed by atoms with Gasteiger partial charge in [0.15, 0.2) is 0 Å². The molecule has 1 aliphatic heterocycles. The summed E-state index contributed by atoms with van der Waals surface area (Å²) in [6.07, 6.45) is 1.71. The molecule has 7 nitrogen and oxygen atoms in total. The fourth-order valence-electron chi connectivity index (χ4n) is 3.19. The normalized spacial score (nSPS) is 13.7. The summed E-state index contributed by atoms with van der Waals surface area (Å²) in [5, 5.41) is 0. The van der Waals surface area contributed by atoms with Crippen molar-refractivity contribution in [1.82, 2.24) is 0 Å². The number of ether oxygens (including phenoxy) is 2. The first-order valence-corrected chi connectivity index (χ1v) is 10.6. The number of carbonyl (C=O) groups is 1. The minimum Gasteiger partial charge on any atom is -0.494 e. The monoisotopic (exact) mass is 404 g/mol. The zero-order chi connectivity index (χ0) is 20.1. The van der Waals surface area contributed by atoms with E-state index in [1.165, 1.54) is 19.2 Å².